The lowest BCUT2D eigenvalue weighted by Gasteiger charge is -2.00. The molecule has 7 heteroatoms. The van der Waals surface area contributed by atoms with Crippen molar-refractivity contribution < 1.29 is 10.1 Å². The van der Waals surface area contributed by atoms with Gasteiger partial charge in [-0.25, -0.2) is 0 Å². The van der Waals surface area contributed by atoms with E-state index in [1.165, 1.54) is 23.9 Å². The quantitative estimate of drug-likeness (QED) is 0.204. The summed E-state index contributed by atoms with van der Waals surface area (Å²) in [7, 11) is 0. The molecule has 3 N–H and O–H groups in total. The Balaban J connectivity index is 2.47. The van der Waals surface area contributed by atoms with Gasteiger partial charge in [-0.2, -0.15) is 0 Å². The Kier molecular flexibility index (Phi) is 4.59. The smallest absolute Gasteiger partial charge is 0.269 e. The molecule has 0 amide bonds. The standard InChI is InChI=1S/C9H11N3O3S/c10-9(11-13)5-6-16-8-3-1-7(2-4-8)12(14)15/h1-4,13H,5-6H2,(H2,10,11). The van der Waals surface area contributed by atoms with E-state index in [-0.39, 0.29) is 11.5 Å². The first-order chi connectivity index (χ1) is 7.63. The maximum atomic E-state index is 10.4. The first-order valence-electron chi connectivity index (χ1n) is 4.47. The molecule has 0 atom stereocenters. The molecule has 0 saturated heterocycles. The Morgan fingerprint density at radius 2 is 2.12 bits per heavy atom. The number of hydrogen-bond acceptors (Lipinski definition) is 5. The van der Waals surface area contributed by atoms with Crippen molar-refractivity contribution in [2.75, 3.05) is 5.75 Å². The van der Waals surface area contributed by atoms with E-state index >= 15 is 0 Å². The molecule has 1 aromatic rings. The second-order valence-electron chi connectivity index (χ2n) is 2.94. The third-order valence-corrected chi connectivity index (χ3v) is 2.82. The van der Waals surface area contributed by atoms with Gasteiger partial charge in [0.1, 0.15) is 5.84 Å². The van der Waals surface area contributed by atoms with E-state index in [0.717, 1.165) is 4.90 Å². The molecule has 0 aliphatic rings. The van der Waals surface area contributed by atoms with Gasteiger partial charge in [-0.3, -0.25) is 10.1 Å². The molecule has 0 aliphatic carbocycles. The van der Waals surface area contributed by atoms with E-state index in [0.29, 0.717) is 12.2 Å². The summed E-state index contributed by atoms with van der Waals surface area (Å²) in [6, 6.07) is 6.25. The molecule has 0 aliphatic heterocycles. The third-order valence-electron chi connectivity index (χ3n) is 1.80. The lowest BCUT2D eigenvalue weighted by molar-refractivity contribution is -0.384. The molecule has 1 rings (SSSR count). The van der Waals surface area contributed by atoms with Crippen LogP contribution in [0.5, 0.6) is 0 Å². The van der Waals surface area contributed by atoms with Gasteiger partial charge in [-0.15, -0.1) is 11.8 Å². The fraction of sp³-hybridized carbons (Fsp3) is 0.222. The molecule has 0 heterocycles. The molecular weight excluding hydrogens is 230 g/mol. The van der Waals surface area contributed by atoms with Crippen LogP contribution in [0.3, 0.4) is 0 Å². The zero-order valence-electron chi connectivity index (χ0n) is 8.37. The lowest BCUT2D eigenvalue weighted by Crippen LogP contribution is -2.11. The Morgan fingerprint density at radius 1 is 1.50 bits per heavy atom. The van der Waals surface area contributed by atoms with Crippen molar-refractivity contribution in [1.82, 2.24) is 0 Å². The summed E-state index contributed by atoms with van der Waals surface area (Å²) in [5.74, 6) is 0.836. The van der Waals surface area contributed by atoms with E-state index in [4.69, 9.17) is 10.9 Å². The largest absolute Gasteiger partial charge is 0.409 e. The zero-order chi connectivity index (χ0) is 12.0. The monoisotopic (exact) mass is 241 g/mol. The minimum atomic E-state index is -0.440. The minimum Gasteiger partial charge on any atom is -0.409 e. The predicted octanol–water partition coefficient (Wildman–Crippen LogP) is 1.82. The molecule has 0 bridgehead atoms. The van der Waals surface area contributed by atoms with Crippen LogP contribution in [0.15, 0.2) is 34.3 Å². The topological polar surface area (TPSA) is 102 Å². The highest BCUT2D eigenvalue weighted by atomic mass is 32.2. The van der Waals surface area contributed by atoms with Gasteiger partial charge in [0, 0.05) is 29.2 Å². The molecule has 0 aromatic heterocycles. The highest BCUT2D eigenvalue weighted by molar-refractivity contribution is 7.99. The van der Waals surface area contributed by atoms with Gasteiger partial charge in [-0.05, 0) is 12.1 Å². The van der Waals surface area contributed by atoms with Crippen LogP contribution in [0.2, 0.25) is 0 Å². The summed E-state index contributed by atoms with van der Waals surface area (Å²) in [5, 5.41) is 21.6. The van der Waals surface area contributed by atoms with Gasteiger partial charge >= 0.3 is 0 Å². The molecule has 0 unspecified atom stereocenters. The van der Waals surface area contributed by atoms with Crippen LogP contribution in [0, 0.1) is 10.1 Å². The molecule has 86 valence electrons. The average Bonchev–Trinajstić information content (AvgIpc) is 2.29. The van der Waals surface area contributed by atoms with Crippen molar-refractivity contribution in [3.05, 3.63) is 34.4 Å². The number of hydrogen-bond donors (Lipinski definition) is 2. The predicted molar refractivity (Wildman–Crippen MR) is 61.8 cm³/mol. The van der Waals surface area contributed by atoms with Crippen molar-refractivity contribution in [3.63, 3.8) is 0 Å². The van der Waals surface area contributed by atoms with Crippen LogP contribution in [-0.2, 0) is 0 Å². The highest BCUT2D eigenvalue weighted by Crippen LogP contribution is 2.21. The highest BCUT2D eigenvalue weighted by Gasteiger charge is 2.04. The number of non-ortho nitro benzene ring substituents is 1. The van der Waals surface area contributed by atoms with Crippen molar-refractivity contribution in [3.8, 4) is 0 Å². The van der Waals surface area contributed by atoms with Crippen LogP contribution < -0.4 is 5.73 Å². The SMILES string of the molecule is N/C(CCSc1ccc([N+](=O)[O-])cc1)=N\O. The van der Waals surface area contributed by atoms with Gasteiger partial charge in [0.15, 0.2) is 0 Å². The Labute approximate surface area is 96.3 Å². The summed E-state index contributed by atoms with van der Waals surface area (Å²) in [6.07, 6.45) is 0.470. The van der Waals surface area contributed by atoms with Crippen LogP contribution in [0.25, 0.3) is 0 Å². The maximum absolute atomic E-state index is 10.4. The van der Waals surface area contributed by atoms with Crippen LogP contribution in [0.4, 0.5) is 5.69 Å². The molecule has 0 spiro atoms. The zero-order valence-corrected chi connectivity index (χ0v) is 9.18. The number of nitro benzene ring substituents is 1. The molecule has 0 fully saturated rings. The summed E-state index contributed by atoms with van der Waals surface area (Å²) >= 11 is 1.49. The summed E-state index contributed by atoms with van der Waals surface area (Å²) in [6.45, 7) is 0. The number of rotatable bonds is 5. The van der Waals surface area contributed by atoms with E-state index in [1.54, 1.807) is 12.1 Å². The molecule has 0 radical (unpaired) electrons. The van der Waals surface area contributed by atoms with Crippen molar-refractivity contribution in [2.24, 2.45) is 10.9 Å². The van der Waals surface area contributed by atoms with Crippen LogP contribution >= 0.6 is 11.8 Å². The van der Waals surface area contributed by atoms with Crippen molar-refractivity contribution >= 4 is 23.3 Å². The minimum absolute atomic E-state index is 0.0702. The number of nitrogens with two attached hydrogens (primary N) is 1. The number of oxime groups is 1. The van der Waals surface area contributed by atoms with E-state index in [1.807, 2.05) is 0 Å². The number of amidine groups is 1. The number of nitrogens with zero attached hydrogens (tertiary/aromatic N) is 2. The fourth-order valence-corrected chi connectivity index (χ4v) is 1.86. The molecule has 0 saturated carbocycles. The fourth-order valence-electron chi connectivity index (χ4n) is 0.988. The number of nitro groups is 1. The Morgan fingerprint density at radius 3 is 2.62 bits per heavy atom. The Hall–Kier alpha value is -1.76. The van der Waals surface area contributed by atoms with E-state index in [9.17, 15) is 10.1 Å². The van der Waals surface area contributed by atoms with Gasteiger partial charge < -0.3 is 10.9 Å². The molecule has 6 nitrogen and oxygen atoms in total. The van der Waals surface area contributed by atoms with Crippen LogP contribution in [-0.4, -0.2) is 21.7 Å². The molecule has 1 aromatic carbocycles. The van der Waals surface area contributed by atoms with Gasteiger partial charge in [0.25, 0.3) is 5.69 Å². The second kappa shape index (κ2) is 5.96. The number of thioether (sulfide) groups is 1. The summed E-state index contributed by atoms with van der Waals surface area (Å²) < 4.78 is 0. The van der Waals surface area contributed by atoms with Crippen molar-refractivity contribution in [1.29, 1.82) is 0 Å². The average molecular weight is 241 g/mol. The Bertz CT molecular complexity index is 391. The third kappa shape index (κ3) is 3.77. The second-order valence-corrected chi connectivity index (χ2v) is 4.11. The summed E-state index contributed by atoms with van der Waals surface area (Å²) in [5.41, 5.74) is 5.37. The van der Waals surface area contributed by atoms with E-state index in [2.05, 4.69) is 5.16 Å². The van der Waals surface area contributed by atoms with Crippen molar-refractivity contribution in [2.45, 2.75) is 11.3 Å². The van der Waals surface area contributed by atoms with Crippen LogP contribution in [0.1, 0.15) is 6.42 Å². The first-order valence-corrected chi connectivity index (χ1v) is 5.45. The van der Waals surface area contributed by atoms with E-state index < -0.39 is 4.92 Å². The first kappa shape index (κ1) is 12.3. The molecule has 16 heavy (non-hydrogen) atoms. The van der Waals surface area contributed by atoms with Gasteiger partial charge in [0.05, 0.1) is 4.92 Å². The summed E-state index contributed by atoms with van der Waals surface area (Å²) in [4.78, 5) is 10.9. The number of benzene rings is 1. The lowest BCUT2D eigenvalue weighted by atomic mass is 10.3. The normalized spacial score (nSPS) is 11.4. The maximum Gasteiger partial charge on any atom is 0.269 e. The van der Waals surface area contributed by atoms with Gasteiger partial charge in [-0.1, -0.05) is 5.16 Å². The molecular formula is C9H11N3O3S. The van der Waals surface area contributed by atoms with Gasteiger partial charge in [0.2, 0.25) is 0 Å².